The van der Waals surface area contributed by atoms with Crippen molar-refractivity contribution in [2.75, 3.05) is 19.6 Å². The SMILES string of the molecule is C[C@@H]1CN(C(=O)NCCc2ccc3[nH]ccc3c2)C[C@H](C)O1. The molecule has 118 valence electrons. The van der Waals surface area contributed by atoms with E-state index in [4.69, 9.17) is 4.74 Å². The van der Waals surface area contributed by atoms with Crippen LogP contribution in [0.4, 0.5) is 4.79 Å². The molecule has 2 heterocycles. The molecule has 0 spiro atoms. The molecular weight excluding hydrogens is 278 g/mol. The van der Waals surface area contributed by atoms with Crippen LogP contribution in [0.1, 0.15) is 19.4 Å². The third-order valence-corrected chi connectivity index (χ3v) is 4.01. The third kappa shape index (κ3) is 3.42. The number of carbonyl (C=O) groups excluding carboxylic acids is 1. The molecule has 0 radical (unpaired) electrons. The van der Waals surface area contributed by atoms with E-state index in [-0.39, 0.29) is 18.2 Å². The van der Waals surface area contributed by atoms with Gasteiger partial charge >= 0.3 is 6.03 Å². The highest BCUT2D eigenvalue weighted by Gasteiger charge is 2.25. The molecule has 1 aromatic heterocycles. The van der Waals surface area contributed by atoms with Crippen molar-refractivity contribution in [2.24, 2.45) is 0 Å². The van der Waals surface area contributed by atoms with E-state index in [1.807, 2.05) is 24.9 Å². The first kappa shape index (κ1) is 14.9. The predicted octanol–water partition coefficient (Wildman–Crippen LogP) is 2.53. The molecule has 22 heavy (non-hydrogen) atoms. The molecule has 0 unspecified atom stereocenters. The maximum atomic E-state index is 12.2. The summed E-state index contributed by atoms with van der Waals surface area (Å²) in [5, 5.41) is 4.22. The number of H-pyrrole nitrogens is 1. The monoisotopic (exact) mass is 301 g/mol. The number of nitrogens with zero attached hydrogens (tertiary/aromatic N) is 1. The van der Waals surface area contributed by atoms with Crippen LogP contribution < -0.4 is 5.32 Å². The zero-order valence-corrected chi connectivity index (χ0v) is 13.1. The minimum Gasteiger partial charge on any atom is -0.372 e. The first-order chi connectivity index (χ1) is 10.6. The molecule has 3 rings (SSSR count). The predicted molar refractivity (Wildman–Crippen MR) is 87.0 cm³/mol. The fourth-order valence-corrected chi connectivity index (χ4v) is 3.03. The largest absolute Gasteiger partial charge is 0.372 e. The quantitative estimate of drug-likeness (QED) is 0.915. The van der Waals surface area contributed by atoms with Gasteiger partial charge in [-0.2, -0.15) is 0 Å². The van der Waals surface area contributed by atoms with Gasteiger partial charge < -0.3 is 19.9 Å². The van der Waals surface area contributed by atoms with E-state index in [0.717, 1.165) is 11.9 Å². The Morgan fingerprint density at radius 2 is 2.09 bits per heavy atom. The molecule has 5 heteroatoms. The van der Waals surface area contributed by atoms with Crippen LogP contribution in [0.15, 0.2) is 30.5 Å². The van der Waals surface area contributed by atoms with Gasteiger partial charge in [0.15, 0.2) is 0 Å². The van der Waals surface area contributed by atoms with Crippen molar-refractivity contribution in [3.05, 3.63) is 36.0 Å². The lowest BCUT2D eigenvalue weighted by atomic mass is 10.1. The Morgan fingerprint density at radius 1 is 1.32 bits per heavy atom. The highest BCUT2D eigenvalue weighted by atomic mass is 16.5. The molecule has 0 aliphatic carbocycles. The van der Waals surface area contributed by atoms with E-state index >= 15 is 0 Å². The molecule has 1 aromatic carbocycles. The van der Waals surface area contributed by atoms with Crippen molar-refractivity contribution in [2.45, 2.75) is 32.5 Å². The van der Waals surface area contributed by atoms with Crippen molar-refractivity contribution < 1.29 is 9.53 Å². The summed E-state index contributed by atoms with van der Waals surface area (Å²) in [6.07, 6.45) is 2.98. The number of aromatic nitrogens is 1. The average Bonchev–Trinajstić information content (AvgIpc) is 2.93. The first-order valence-corrected chi connectivity index (χ1v) is 7.86. The molecule has 0 saturated carbocycles. The minimum absolute atomic E-state index is 0.00437. The zero-order chi connectivity index (χ0) is 15.5. The lowest BCUT2D eigenvalue weighted by molar-refractivity contribution is -0.0544. The van der Waals surface area contributed by atoms with Gasteiger partial charge in [-0.1, -0.05) is 6.07 Å². The van der Waals surface area contributed by atoms with E-state index in [1.165, 1.54) is 10.9 Å². The molecular formula is C17H23N3O2. The number of amides is 2. The second-order valence-electron chi connectivity index (χ2n) is 6.04. The molecule has 2 amide bonds. The number of morpholine rings is 1. The standard InChI is InChI=1S/C17H23N3O2/c1-12-10-20(11-13(2)22-12)17(21)19-7-5-14-3-4-16-15(9-14)6-8-18-16/h3-4,6,8-9,12-13,18H,5,7,10-11H2,1-2H3,(H,19,21)/t12-,13+. The van der Waals surface area contributed by atoms with E-state index in [1.54, 1.807) is 0 Å². The fraction of sp³-hybridized carbons (Fsp3) is 0.471. The second kappa shape index (κ2) is 6.40. The van der Waals surface area contributed by atoms with Crippen molar-refractivity contribution in [1.82, 2.24) is 15.2 Å². The molecule has 2 N–H and O–H groups in total. The van der Waals surface area contributed by atoms with Crippen molar-refractivity contribution in [3.63, 3.8) is 0 Å². The van der Waals surface area contributed by atoms with Crippen LogP contribution in [-0.2, 0) is 11.2 Å². The van der Waals surface area contributed by atoms with E-state index in [9.17, 15) is 4.79 Å². The van der Waals surface area contributed by atoms with Crippen LogP contribution >= 0.6 is 0 Å². The van der Waals surface area contributed by atoms with Crippen LogP contribution in [0.25, 0.3) is 10.9 Å². The maximum absolute atomic E-state index is 12.2. The number of urea groups is 1. The molecule has 1 fully saturated rings. The Morgan fingerprint density at radius 3 is 2.86 bits per heavy atom. The minimum atomic E-state index is 0.00437. The van der Waals surface area contributed by atoms with Crippen molar-refractivity contribution in [1.29, 1.82) is 0 Å². The first-order valence-electron chi connectivity index (χ1n) is 7.86. The Balaban J connectivity index is 1.50. The van der Waals surface area contributed by atoms with Crippen LogP contribution in [0.2, 0.25) is 0 Å². The summed E-state index contributed by atoms with van der Waals surface area (Å²) in [5.41, 5.74) is 2.38. The van der Waals surface area contributed by atoms with E-state index in [2.05, 4.69) is 34.6 Å². The van der Waals surface area contributed by atoms with Gasteiger partial charge in [0, 0.05) is 31.3 Å². The van der Waals surface area contributed by atoms with Crippen LogP contribution in [0, 0.1) is 0 Å². The number of ether oxygens (including phenoxy) is 1. The summed E-state index contributed by atoms with van der Waals surface area (Å²) in [4.78, 5) is 17.2. The van der Waals surface area contributed by atoms with Gasteiger partial charge in [-0.25, -0.2) is 4.79 Å². The Labute approximate surface area is 130 Å². The Hall–Kier alpha value is -2.01. The number of fused-ring (bicyclic) bond motifs is 1. The number of hydrogen-bond acceptors (Lipinski definition) is 2. The topological polar surface area (TPSA) is 57.4 Å². The number of aromatic amines is 1. The van der Waals surface area contributed by atoms with Gasteiger partial charge in [0.05, 0.1) is 12.2 Å². The lowest BCUT2D eigenvalue weighted by Crippen LogP contribution is -2.51. The molecule has 5 nitrogen and oxygen atoms in total. The molecule has 2 aromatic rings. The van der Waals surface area contributed by atoms with Gasteiger partial charge in [-0.05, 0) is 49.4 Å². The van der Waals surface area contributed by atoms with Crippen molar-refractivity contribution >= 4 is 16.9 Å². The lowest BCUT2D eigenvalue weighted by Gasteiger charge is -2.35. The van der Waals surface area contributed by atoms with Crippen molar-refractivity contribution in [3.8, 4) is 0 Å². The number of nitrogens with one attached hydrogen (secondary N) is 2. The maximum Gasteiger partial charge on any atom is 0.317 e. The average molecular weight is 301 g/mol. The summed E-state index contributed by atoms with van der Waals surface area (Å²) in [6, 6.07) is 8.41. The molecule has 1 aliphatic rings. The molecule has 2 atom stereocenters. The summed E-state index contributed by atoms with van der Waals surface area (Å²) in [7, 11) is 0. The molecule has 0 bridgehead atoms. The van der Waals surface area contributed by atoms with Gasteiger partial charge in [0.2, 0.25) is 0 Å². The van der Waals surface area contributed by atoms with Gasteiger partial charge in [-0.15, -0.1) is 0 Å². The second-order valence-corrected chi connectivity index (χ2v) is 6.04. The molecule has 1 aliphatic heterocycles. The molecule has 1 saturated heterocycles. The normalized spacial score (nSPS) is 22.0. The number of hydrogen-bond donors (Lipinski definition) is 2. The summed E-state index contributed by atoms with van der Waals surface area (Å²) in [5.74, 6) is 0. The smallest absolute Gasteiger partial charge is 0.317 e. The van der Waals surface area contributed by atoms with Crippen LogP contribution in [0.5, 0.6) is 0 Å². The summed E-state index contributed by atoms with van der Waals surface area (Å²) in [6.45, 7) is 5.97. The Kier molecular flexibility index (Phi) is 4.34. The van der Waals surface area contributed by atoms with Crippen LogP contribution in [-0.4, -0.2) is 47.8 Å². The Bertz CT molecular complexity index is 642. The van der Waals surface area contributed by atoms with Gasteiger partial charge in [0.1, 0.15) is 0 Å². The number of rotatable bonds is 3. The number of carbonyl (C=O) groups is 1. The van der Waals surface area contributed by atoms with E-state index < -0.39 is 0 Å². The third-order valence-electron chi connectivity index (χ3n) is 4.01. The van der Waals surface area contributed by atoms with Gasteiger partial charge in [-0.3, -0.25) is 0 Å². The van der Waals surface area contributed by atoms with Crippen LogP contribution in [0.3, 0.4) is 0 Å². The number of benzene rings is 1. The zero-order valence-electron chi connectivity index (χ0n) is 13.1. The summed E-state index contributed by atoms with van der Waals surface area (Å²) < 4.78 is 5.65. The fourth-order valence-electron chi connectivity index (χ4n) is 3.03. The van der Waals surface area contributed by atoms with E-state index in [0.29, 0.717) is 19.6 Å². The summed E-state index contributed by atoms with van der Waals surface area (Å²) >= 11 is 0. The highest BCUT2D eigenvalue weighted by Crippen LogP contribution is 2.14. The van der Waals surface area contributed by atoms with Gasteiger partial charge in [0.25, 0.3) is 0 Å². The highest BCUT2D eigenvalue weighted by molar-refractivity contribution is 5.80.